The smallest absolute Gasteiger partial charge is 0.410 e. The van der Waals surface area contributed by atoms with Crippen LogP contribution in [0, 0.1) is 0 Å². The summed E-state index contributed by atoms with van der Waals surface area (Å²) in [6.45, 7) is 7.35. The number of rotatable bonds is 1. The summed E-state index contributed by atoms with van der Waals surface area (Å²) in [6.07, 6.45) is -0.361. The van der Waals surface area contributed by atoms with Gasteiger partial charge in [0.05, 0.1) is 16.6 Å². The van der Waals surface area contributed by atoms with E-state index in [0.29, 0.717) is 30.4 Å². The number of fused-ring (bicyclic) bond motifs is 1. The fraction of sp³-hybridized carbons (Fsp3) is 0.471. The van der Waals surface area contributed by atoms with Crippen molar-refractivity contribution in [2.75, 3.05) is 19.6 Å². The number of benzene rings is 1. The molecule has 1 saturated heterocycles. The predicted molar refractivity (Wildman–Crippen MR) is 93.1 cm³/mol. The van der Waals surface area contributed by atoms with Crippen LogP contribution >= 0.6 is 11.6 Å². The van der Waals surface area contributed by atoms with Gasteiger partial charge in [-0.25, -0.2) is 4.79 Å². The Bertz CT molecular complexity index is 760. The van der Waals surface area contributed by atoms with Gasteiger partial charge in [0.1, 0.15) is 11.3 Å². The van der Waals surface area contributed by atoms with E-state index in [1.807, 2.05) is 45.0 Å². The van der Waals surface area contributed by atoms with Crippen LogP contribution in [0.3, 0.4) is 0 Å². The molecule has 24 heavy (non-hydrogen) atoms. The van der Waals surface area contributed by atoms with E-state index in [-0.39, 0.29) is 12.1 Å². The highest BCUT2D eigenvalue weighted by atomic mass is 35.5. The van der Waals surface area contributed by atoms with Gasteiger partial charge < -0.3 is 10.1 Å². The minimum absolute atomic E-state index is 0.307. The maximum Gasteiger partial charge on any atom is 0.410 e. The number of nitrogens with zero attached hydrogens (tertiary/aromatic N) is 3. The lowest BCUT2D eigenvalue weighted by Gasteiger charge is -2.36. The molecule has 0 radical (unpaired) electrons. The van der Waals surface area contributed by atoms with Crippen molar-refractivity contribution in [3.05, 3.63) is 35.0 Å². The maximum absolute atomic E-state index is 12.6. The predicted octanol–water partition coefficient (Wildman–Crippen LogP) is 3.16. The third kappa shape index (κ3) is 3.44. The zero-order valence-corrected chi connectivity index (χ0v) is 14.8. The second-order valence-electron chi connectivity index (χ2n) is 6.81. The topological polar surface area (TPSA) is 67.3 Å². The number of ether oxygens (including phenoxy) is 1. The second-order valence-corrected chi connectivity index (χ2v) is 7.19. The summed E-state index contributed by atoms with van der Waals surface area (Å²) in [6, 6.07) is 7.26. The average Bonchev–Trinajstić information content (AvgIpc) is 2.54. The number of nitrogens with one attached hydrogen (secondary N) is 1. The number of piperazine rings is 1. The summed E-state index contributed by atoms with van der Waals surface area (Å²) in [4.78, 5) is 14.2. The van der Waals surface area contributed by atoms with E-state index in [1.165, 1.54) is 0 Å². The standard InChI is InChI=1S/C17H21ClN4O2/c1-17(2,3)24-16(23)22-9-8-19-10-13(22)15-14(18)11-6-4-5-7-12(11)20-21-15/h4-7,13,19H,8-10H2,1-3H3. The average molecular weight is 349 g/mol. The van der Waals surface area contributed by atoms with Crippen LogP contribution in [0.25, 0.3) is 10.9 Å². The molecule has 0 bridgehead atoms. The van der Waals surface area contributed by atoms with Crippen LogP contribution in [0.4, 0.5) is 4.79 Å². The molecule has 1 aliphatic heterocycles. The van der Waals surface area contributed by atoms with Gasteiger partial charge >= 0.3 is 6.09 Å². The van der Waals surface area contributed by atoms with Gasteiger partial charge in [0.25, 0.3) is 0 Å². The lowest BCUT2D eigenvalue weighted by atomic mass is 10.1. The summed E-state index contributed by atoms with van der Waals surface area (Å²) >= 11 is 6.57. The fourth-order valence-corrected chi connectivity index (χ4v) is 3.06. The van der Waals surface area contributed by atoms with E-state index in [1.54, 1.807) is 4.90 Å². The molecular formula is C17H21ClN4O2. The quantitative estimate of drug-likeness (QED) is 0.857. The molecular weight excluding hydrogens is 328 g/mol. The molecule has 0 spiro atoms. The highest BCUT2D eigenvalue weighted by Gasteiger charge is 2.34. The Morgan fingerprint density at radius 1 is 1.33 bits per heavy atom. The van der Waals surface area contributed by atoms with Crippen molar-refractivity contribution in [2.45, 2.75) is 32.4 Å². The van der Waals surface area contributed by atoms with Crippen molar-refractivity contribution in [3.8, 4) is 0 Å². The Morgan fingerprint density at radius 3 is 2.83 bits per heavy atom. The van der Waals surface area contributed by atoms with Crippen molar-refractivity contribution in [1.29, 1.82) is 0 Å². The third-order valence-electron chi connectivity index (χ3n) is 3.82. The van der Waals surface area contributed by atoms with Gasteiger partial charge in [-0.3, -0.25) is 4.90 Å². The number of amides is 1. The van der Waals surface area contributed by atoms with Crippen molar-refractivity contribution in [1.82, 2.24) is 20.4 Å². The molecule has 1 unspecified atom stereocenters. The van der Waals surface area contributed by atoms with E-state index < -0.39 is 5.60 Å². The van der Waals surface area contributed by atoms with Gasteiger partial charge in [-0.2, -0.15) is 10.2 Å². The summed E-state index contributed by atoms with van der Waals surface area (Å²) in [5, 5.41) is 13.2. The highest BCUT2D eigenvalue weighted by Crippen LogP contribution is 2.32. The zero-order chi connectivity index (χ0) is 17.3. The molecule has 1 aliphatic rings. The van der Waals surface area contributed by atoms with Gasteiger partial charge in [0.2, 0.25) is 0 Å². The number of carbonyl (C=O) groups is 1. The third-order valence-corrected chi connectivity index (χ3v) is 4.22. The van der Waals surface area contributed by atoms with E-state index >= 15 is 0 Å². The van der Waals surface area contributed by atoms with E-state index in [0.717, 1.165) is 10.9 Å². The van der Waals surface area contributed by atoms with Crippen LogP contribution in [0.2, 0.25) is 5.02 Å². The molecule has 128 valence electrons. The van der Waals surface area contributed by atoms with Crippen molar-refractivity contribution in [2.24, 2.45) is 0 Å². The van der Waals surface area contributed by atoms with E-state index in [2.05, 4.69) is 15.5 Å². The van der Waals surface area contributed by atoms with E-state index in [9.17, 15) is 4.79 Å². The fourth-order valence-electron chi connectivity index (χ4n) is 2.74. The molecule has 6 nitrogen and oxygen atoms in total. The number of hydrogen-bond donors (Lipinski definition) is 1. The molecule has 2 aromatic rings. The van der Waals surface area contributed by atoms with Crippen LogP contribution in [-0.2, 0) is 4.74 Å². The zero-order valence-electron chi connectivity index (χ0n) is 14.0. The molecule has 1 N–H and O–H groups in total. The summed E-state index contributed by atoms with van der Waals surface area (Å²) in [5.41, 5.74) is 0.776. The minimum atomic E-state index is -0.550. The first-order valence-electron chi connectivity index (χ1n) is 7.98. The molecule has 0 aliphatic carbocycles. The van der Waals surface area contributed by atoms with Crippen LogP contribution in [0.15, 0.2) is 24.3 Å². The second kappa shape index (κ2) is 6.53. The highest BCUT2D eigenvalue weighted by molar-refractivity contribution is 6.35. The molecule has 1 aromatic heterocycles. The number of halogens is 1. The van der Waals surface area contributed by atoms with Crippen LogP contribution in [-0.4, -0.2) is 46.4 Å². The number of hydrogen-bond acceptors (Lipinski definition) is 5. The number of aromatic nitrogens is 2. The summed E-state index contributed by atoms with van der Waals surface area (Å²) in [7, 11) is 0. The summed E-state index contributed by atoms with van der Waals surface area (Å²) in [5.74, 6) is 0. The Morgan fingerprint density at radius 2 is 2.08 bits per heavy atom. The van der Waals surface area contributed by atoms with Gasteiger partial charge in [-0.15, -0.1) is 0 Å². The monoisotopic (exact) mass is 348 g/mol. The first-order chi connectivity index (χ1) is 11.4. The molecule has 1 amide bonds. The van der Waals surface area contributed by atoms with Gasteiger partial charge in [-0.05, 0) is 26.8 Å². The first kappa shape index (κ1) is 16.9. The lowest BCUT2D eigenvalue weighted by molar-refractivity contribution is 0.0113. The lowest BCUT2D eigenvalue weighted by Crippen LogP contribution is -2.50. The molecule has 0 saturated carbocycles. The van der Waals surface area contributed by atoms with Gasteiger partial charge in [0, 0.05) is 25.0 Å². The van der Waals surface area contributed by atoms with Crippen molar-refractivity contribution >= 4 is 28.6 Å². The Labute approximate surface area is 146 Å². The van der Waals surface area contributed by atoms with Crippen LogP contribution in [0.5, 0.6) is 0 Å². The van der Waals surface area contributed by atoms with Crippen molar-refractivity contribution < 1.29 is 9.53 Å². The van der Waals surface area contributed by atoms with Crippen LogP contribution < -0.4 is 5.32 Å². The normalized spacial score (nSPS) is 18.7. The van der Waals surface area contributed by atoms with Gasteiger partial charge in [0.15, 0.2) is 0 Å². The maximum atomic E-state index is 12.6. The largest absolute Gasteiger partial charge is 0.444 e. The van der Waals surface area contributed by atoms with Crippen molar-refractivity contribution in [3.63, 3.8) is 0 Å². The first-order valence-corrected chi connectivity index (χ1v) is 8.36. The van der Waals surface area contributed by atoms with E-state index in [4.69, 9.17) is 16.3 Å². The molecule has 1 aromatic carbocycles. The molecule has 3 rings (SSSR count). The molecule has 1 atom stereocenters. The summed E-state index contributed by atoms with van der Waals surface area (Å²) < 4.78 is 5.52. The molecule has 7 heteroatoms. The number of carbonyl (C=O) groups excluding carboxylic acids is 1. The molecule has 2 heterocycles. The Hall–Kier alpha value is -1.92. The Kier molecular flexibility index (Phi) is 4.60. The van der Waals surface area contributed by atoms with Gasteiger partial charge in [-0.1, -0.05) is 29.8 Å². The molecule has 1 fully saturated rings. The minimum Gasteiger partial charge on any atom is -0.444 e. The Balaban J connectivity index is 1.96. The van der Waals surface area contributed by atoms with Crippen LogP contribution in [0.1, 0.15) is 32.5 Å². The SMILES string of the molecule is CC(C)(C)OC(=O)N1CCNCC1c1nnc2ccccc2c1Cl.